The van der Waals surface area contributed by atoms with Gasteiger partial charge in [0.25, 0.3) is 0 Å². The lowest BCUT2D eigenvalue weighted by molar-refractivity contribution is 0.381. The van der Waals surface area contributed by atoms with E-state index in [0.717, 1.165) is 5.56 Å². The van der Waals surface area contributed by atoms with Gasteiger partial charge >= 0.3 is 0 Å². The molecule has 0 radical (unpaired) electrons. The van der Waals surface area contributed by atoms with Crippen LogP contribution in [-0.4, -0.2) is 13.2 Å². The van der Waals surface area contributed by atoms with E-state index in [1.54, 1.807) is 12.1 Å². The fraction of sp³-hybridized carbons (Fsp3) is 0.417. The highest BCUT2D eigenvalue weighted by Crippen LogP contribution is 2.51. The maximum absolute atomic E-state index is 14.0. The largest absolute Gasteiger partial charge is 0.494 e. The number of nitrogens with zero attached hydrogens (tertiary/aromatic N) is 1. The molecule has 0 saturated heterocycles. The molecule has 16 heavy (non-hydrogen) atoms. The minimum absolute atomic E-state index is 0.197. The van der Waals surface area contributed by atoms with E-state index < -0.39 is 11.4 Å². The molecule has 0 aliphatic heterocycles. The zero-order valence-electron chi connectivity index (χ0n) is 9.21. The molecule has 1 aliphatic rings. The highest BCUT2D eigenvalue weighted by molar-refractivity contribution is 5.46. The molecule has 1 aromatic carbocycles. The summed E-state index contributed by atoms with van der Waals surface area (Å²) >= 11 is 0. The maximum atomic E-state index is 14.0. The van der Waals surface area contributed by atoms with E-state index in [0.29, 0.717) is 18.4 Å². The Balaban J connectivity index is 2.56. The quantitative estimate of drug-likeness (QED) is 0.581. The molecule has 0 heterocycles. The van der Waals surface area contributed by atoms with Gasteiger partial charge in [-0.3, -0.25) is 0 Å². The van der Waals surface area contributed by atoms with Crippen molar-refractivity contribution >= 4 is 6.08 Å². The molecule has 0 atom stereocenters. The van der Waals surface area contributed by atoms with Gasteiger partial charge in [0.15, 0.2) is 11.6 Å². The summed E-state index contributed by atoms with van der Waals surface area (Å²) < 4.78 is 18.9. The molecule has 0 amide bonds. The molecular formula is C12H12FNO2. The van der Waals surface area contributed by atoms with E-state index in [9.17, 15) is 9.18 Å². The van der Waals surface area contributed by atoms with E-state index in [4.69, 9.17) is 4.74 Å². The summed E-state index contributed by atoms with van der Waals surface area (Å²) in [7, 11) is 1.42. The molecule has 4 heteroatoms. The third kappa shape index (κ3) is 1.61. The number of benzene rings is 1. The number of carbonyl (C=O) groups excluding carboxylic acids is 1. The first-order chi connectivity index (χ1) is 7.63. The normalized spacial score (nSPS) is 16.4. The Kier molecular flexibility index (Phi) is 2.52. The standard InChI is InChI=1S/C12H12FNO2/c1-8-5-9(11(13)10(6-8)16-2)12(3-4-12)14-7-15/h5-6H,3-4H2,1-2H3. The van der Waals surface area contributed by atoms with Crippen LogP contribution in [0.4, 0.5) is 4.39 Å². The van der Waals surface area contributed by atoms with Crippen LogP contribution in [0.25, 0.3) is 0 Å². The number of isocyanates is 1. The summed E-state index contributed by atoms with van der Waals surface area (Å²) in [4.78, 5) is 14.1. The SMILES string of the molecule is COc1cc(C)cc(C2(N=C=O)CC2)c1F. The lowest BCUT2D eigenvalue weighted by atomic mass is 10.0. The van der Waals surface area contributed by atoms with Crippen LogP contribution in [-0.2, 0) is 10.3 Å². The Hall–Kier alpha value is -1.67. The second kappa shape index (κ2) is 3.72. The zero-order chi connectivity index (χ0) is 11.8. The fourth-order valence-corrected chi connectivity index (χ4v) is 1.87. The molecule has 2 rings (SSSR count). The van der Waals surface area contributed by atoms with Gasteiger partial charge in [-0.2, -0.15) is 4.99 Å². The van der Waals surface area contributed by atoms with Crippen molar-refractivity contribution in [3.05, 3.63) is 29.1 Å². The second-order valence-electron chi connectivity index (χ2n) is 4.06. The number of rotatable bonds is 3. The van der Waals surface area contributed by atoms with Crippen LogP contribution in [0.15, 0.2) is 17.1 Å². The number of halogens is 1. The fourth-order valence-electron chi connectivity index (χ4n) is 1.87. The van der Waals surface area contributed by atoms with Gasteiger partial charge in [-0.1, -0.05) is 6.07 Å². The first kappa shape index (κ1) is 10.8. The Bertz CT molecular complexity index is 474. The number of aryl methyl sites for hydroxylation is 1. The van der Waals surface area contributed by atoms with Gasteiger partial charge in [-0.15, -0.1) is 0 Å². The average molecular weight is 221 g/mol. The zero-order valence-corrected chi connectivity index (χ0v) is 9.21. The predicted octanol–water partition coefficient (Wildman–Crippen LogP) is 2.47. The molecule has 0 spiro atoms. The molecular weight excluding hydrogens is 209 g/mol. The summed E-state index contributed by atoms with van der Waals surface area (Å²) in [5, 5.41) is 0. The lowest BCUT2D eigenvalue weighted by Crippen LogP contribution is -2.07. The predicted molar refractivity (Wildman–Crippen MR) is 56.7 cm³/mol. The van der Waals surface area contributed by atoms with Crippen molar-refractivity contribution in [3.63, 3.8) is 0 Å². The van der Waals surface area contributed by atoms with Gasteiger partial charge in [-0.05, 0) is 31.4 Å². The van der Waals surface area contributed by atoms with E-state index in [2.05, 4.69) is 4.99 Å². The summed E-state index contributed by atoms with van der Waals surface area (Å²) in [6.45, 7) is 1.85. The smallest absolute Gasteiger partial charge is 0.235 e. The maximum Gasteiger partial charge on any atom is 0.235 e. The van der Waals surface area contributed by atoms with Gasteiger partial charge in [-0.25, -0.2) is 9.18 Å². The molecule has 0 bridgehead atoms. The van der Waals surface area contributed by atoms with Crippen LogP contribution in [0.3, 0.4) is 0 Å². The molecule has 0 unspecified atom stereocenters. The van der Waals surface area contributed by atoms with Crippen molar-refractivity contribution in [1.29, 1.82) is 0 Å². The molecule has 1 saturated carbocycles. The number of methoxy groups -OCH3 is 1. The van der Waals surface area contributed by atoms with Crippen LogP contribution in [0, 0.1) is 12.7 Å². The first-order valence-corrected chi connectivity index (χ1v) is 5.06. The number of aliphatic imine (C=N–C) groups is 1. The van der Waals surface area contributed by atoms with Gasteiger partial charge in [0.1, 0.15) is 5.54 Å². The summed E-state index contributed by atoms with van der Waals surface area (Å²) in [5.74, 6) is -0.230. The van der Waals surface area contributed by atoms with E-state index in [-0.39, 0.29) is 5.75 Å². The van der Waals surface area contributed by atoms with E-state index in [1.807, 2.05) is 6.92 Å². The number of ether oxygens (including phenoxy) is 1. The first-order valence-electron chi connectivity index (χ1n) is 5.06. The molecule has 1 aromatic rings. The van der Waals surface area contributed by atoms with Gasteiger partial charge in [0.05, 0.1) is 7.11 Å². The highest BCUT2D eigenvalue weighted by atomic mass is 19.1. The van der Waals surface area contributed by atoms with Gasteiger partial charge in [0, 0.05) is 5.56 Å². The molecule has 0 N–H and O–H groups in total. The second-order valence-corrected chi connectivity index (χ2v) is 4.06. The Morgan fingerprint density at radius 3 is 2.69 bits per heavy atom. The van der Waals surface area contributed by atoms with Gasteiger partial charge in [0.2, 0.25) is 6.08 Å². The van der Waals surface area contributed by atoms with Crippen molar-refractivity contribution in [2.24, 2.45) is 4.99 Å². The third-order valence-corrected chi connectivity index (χ3v) is 2.89. The topological polar surface area (TPSA) is 38.7 Å². The van der Waals surface area contributed by atoms with Crippen molar-refractivity contribution in [1.82, 2.24) is 0 Å². The lowest BCUT2D eigenvalue weighted by Gasteiger charge is -2.13. The van der Waals surface area contributed by atoms with Crippen LogP contribution >= 0.6 is 0 Å². The summed E-state index contributed by atoms with van der Waals surface area (Å²) in [5.41, 5.74) is 0.638. The molecule has 0 aromatic heterocycles. The van der Waals surface area contributed by atoms with Gasteiger partial charge < -0.3 is 4.74 Å². The highest BCUT2D eigenvalue weighted by Gasteiger charge is 2.47. The Labute approximate surface area is 93.0 Å². The van der Waals surface area contributed by atoms with E-state index in [1.165, 1.54) is 13.2 Å². The van der Waals surface area contributed by atoms with Crippen molar-refractivity contribution in [3.8, 4) is 5.75 Å². The summed E-state index contributed by atoms with van der Waals surface area (Å²) in [6.07, 6.45) is 2.89. The molecule has 1 fully saturated rings. The van der Waals surface area contributed by atoms with E-state index >= 15 is 0 Å². The third-order valence-electron chi connectivity index (χ3n) is 2.89. The van der Waals surface area contributed by atoms with Crippen molar-refractivity contribution in [2.45, 2.75) is 25.3 Å². The number of hydrogen-bond acceptors (Lipinski definition) is 3. The monoisotopic (exact) mass is 221 g/mol. The average Bonchev–Trinajstić information content (AvgIpc) is 3.02. The van der Waals surface area contributed by atoms with Crippen molar-refractivity contribution in [2.75, 3.05) is 7.11 Å². The van der Waals surface area contributed by atoms with Crippen LogP contribution in [0.5, 0.6) is 5.75 Å². The Morgan fingerprint density at radius 2 is 2.19 bits per heavy atom. The van der Waals surface area contributed by atoms with Crippen LogP contribution < -0.4 is 4.74 Å². The van der Waals surface area contributed by atoms with Crippen LogP contribution in [0.1, 0.15) is 24.0 Å². The van der Waals surface area contributed by atoms with Crippen molar-refractivity contribution < 1.29 is 13.9 Å². The molecule has 3 nitrogen and oxygen atoms in total. The Morgan fingerprint density at radius 1 is 1.50 bits per heavy atom. The molecule has 84 valence electrons. The van der Waals surface area contributed by atoms with Crippen LogP contribution in [0.2, 0.25) is 0 Å². The molecule has 1 aliphatic carbocycles. The number of hydrogen-bond donors (Lipinski definition) is 0. The minimum atomic E-state index is -0.689. The minimum Gasteiger partial charge on any atom is -0.494 e. The summed E-state index contributed by atoms with van der Waals surface area (Å²) in [6, 6.07) is 3.34.